The van der Waals surface area contributed by atoms with Gasteiger partial charge in [-0.15, -0.1) is 0 Å². The molecule has 0 radical (unpaired) electrons. The van der Waals surface area contributed by atoms with Gasteiger partial charge in [0.15, 0.2) is 0 Å². The van der Waals surface area contributed by atoms with Gasteiger partial charge in [-0.25, -0.2) is 0 Å². The lowest BCUT2D eigenvalue weighted by Crippen LogP contribution is -2.28. The molecule has 1 aliphatic heterocycles. The van der Waals surface area contributed by atoms with Gasteiger partial charge in [-0.1, -0.05) is 48.5 Å². The minimum absolute atomic E-state index is 0.0862. The van der Waals surface area contributed by atoms with Crippen LogP contribution in [0, 0.1) is 12.8 Å². The predicted octanol–water partition coefficient (Wildman–Crippen LogP) is 4.24. The van der Waals surface area contributed by atoms with E-state index in [0.717, 1.165) is 11.3 Å². The van der Waals surface area contributed by atoms with E-state index < -0.39 is 5.92 Å². The Morgan fingerprint density at radius 2 is 1.48 bits per heavy atom. The second-order valence-electron chi connectivity index (χ2n) is 7.54. The van der Waals surface area contributed by atoms with Crippen molar-refractivity contribution in [2.75, 3.05) is 22.1 Å². The van der Waals surface area contributed by atoms with Gasteiger partial charge in [-0.2, -0.15) is 0 Å². The lowest BCUT2D eigenvalue weighted by Gasteiger charge is -2.17. The summed E-state index contributed by atoms with van der Waals surface area (Å²) in [6.45, 7) is 2.23. The highest BCUT2D eigenvalue weighted by molar-refractivity contribution is 6.11. The van der Waals surface area contributed by atoms with Crippen molar-refractivity contribution in [1.29, 1.82) is 0 Å². The molecule has 0 aromatic heterocycles. The van der Waals surface area contributed by atoms with Gasteiger partial charge in [0.25, 0.3) is 5.91 Å². The average molecular weight is 413 g/mol. The smallest absolute Gasteiger partial charge is 0.257 e. The molecule has 1 saturated heterocycles. The standard InChI is InChI=1S/C25H23N3O3/c1-17-9-5-7-13-21(17)26-25(31)20-12-6-8-14-22(20)27-24(30)18-15-23(29)28(16-18)19-10-3-2-4-11-19/h2-14,18H,15-16H2,1H3,(H,26,31)(H,27,30)/t18-/m1/s1. The Balaban J connectivity index is 1.48. The fourth-order valence-corrected chi connectivity index (χ4v) is 3.67. The van der Waals surface area contributed by atoms with Crippen LogP contribution in [0.2, 0.25) is 0 Å². The zero-order chi connectivity index (χ0) is 21.8. The first-order chi connectivity index (χ1) is 15.0. The van der Waals surface area contributed by atoms with E-state index in [-0.39, 0.29) is 24.1 Å². The number of benzene rings is 3. The Kier molecular flexibility index (Phi) is 5.80. The van der Waals surface area contributed by atoms with E-state index in [9.17, 15) is 14.4 Å². The van der Waals surface area contributed by atoms with Crippen molar-refractivity contribution >= 4 is 34.8 Å². The molecule has 1 aliphatic rings. The van der Waals surface area contributed by atoms with Crippen LogP contribution >= 0.6 is 0 Å². The molecule has 1 atom stereocenters. The lowest BCUT2D eigenvalue weighted by molar-refractivity contribution is -0.122. The van der Waals surface area contributed by atoms with Gasteiger partial charge < -0.3 is 15.5 Å². The number of hydrogen-bond donors (Lipinski definition) is 2. The molecule has 0 saturated carbocycles. The molecule has 6 heteroatoms. The van der Waals surface area contributed by atoms with Crippen molar-refractivity contribution < 1.29 is 14.4 Å². The molecule has 6 nitrogen and oxygen atoms in total. The molecule has 4 rings (SSSR count). The summed E-state index contributed by atoms with van der Waals surface area (Å²) < 4.78 is 0. The van der Waals surface area contributed by atoms with Gasteiger partial charge >= 0.3 is 0 Å². The molecular weight excluding hydrogens is 390 g/mol. The molecule has 0 unspecified atom stereocenters. The van der Waals surface area contributed by atoms with Crippen LogP contribution in [0.4, 0.5) is 17.1 Å². The van der Waals surface area contributed by atoms with Crippen LogP contribution in [0.15, 0.2) is 78.9 Å². The van der Waals surface area contributed by atoms with Crippen LogP contribution in [0.1, 0.15) is 22.3 Å². The summed E-state index contributed by atoms with van der Waals surface area (Å²) in [5.41, 5.74) is 3.23. The quantitative estimate of drug-likeness (QED) is 0.657. The Hall–Kier alpha value is -3.93. The summed E-state index contributed by atoms with van der Waals surface area (Å²) in [7, 11) is 0. The Labute approximate surface area is 180 Å². The second kappa shape index (κ2) is 8.83. The summed E-state index contributed by atoms with van der Waals surface area (Å²) in [5, 5.41) is 5.74. The number of aryl methyl sites for hydroxylation is 1. The van der Waals surface area contributed by atoms with E-state index in [2.05, 4.69) is 10.6 Å². The Morgan fingerprint density at radius 1 is 0.839 bits per heavy atom. The minimum atomic E-state index is -0.486. The first kappa shape index (κ1) is 20.3. The zero-order valence-electron chi connectivity index (χ0n) is 17.2. The fraction of sp³-hybridized carbons (Fsp3) is 0.160. The van der Waals surface area contributed by atoms with E-state index >= 15 is 0 Å². The third-order valence-electron chi connectivity index (χ3n) is 5.39. The maximum Gasteiger partial charge on any atom is 0.257 e. The number of carbonyl (C=O) groups excluding carboxylic acids is 3. The largest absolute Gasteiger partial charge is 0.325 e. The number of amides is 3. The van der Waals surface area contributed by atoms with Gasteiger partial charge in [-0.3, -0.25) is 14.4 Å². The predicted molar refractivity (Wildman–Crippen MR) is 121 cm³/mol. The third kappa shape index (κ3) is 4.48. The molecule has 1 fully saturated rings. The normalized spacial score (nSPS) is 15.6. The van der Waals surface area contributed by atoms with Gasteiger partial charge in [-0.05, 0) is 42.8 Å². The van der Waals surface area contributed by atoms with Crippen molar-refractivity contribution in [2.24, 2.45) is 5.92 Å². The molecule has 0 spiro atoms. The van der Waals surface area contributed by atoms with E-state index in [1.165, 1.54) is 0 Å². The molecule has 0 aliphatic carbocycles. The number of hydrogen-bond acceptors (Lipinski definition) is 3. The molecule has 3 aromatic carbocycles. The number of para-hydroxylation sites is 3. The summed E-state index contributed by atoms with van der Waals surface area (Å²) in [5.74, 6) is -1.15. The minimum Gasteiger partial charge on any atom is -0.325 e. The molecule has 0 bridgehead atoms. The molecule has 31 heavy (non-hydrogen) atoms. The average Bonchev–Trinajstić information content (AvgIpc) is 3.18. The number of rotatable bonds is 5. The van der Waals surface area contributed by atoms with Crippen molar-refractivity contribution in [3.63, 3.8) is 0 Å². The topological polar surface area (TPSA) is 78.5 Å². The first-order valence-corrected chi connectivity index (χ1v) is 10.1. The third-order valence-corrected chi connectivity index (χ3v) is 5.39. The highest BCUT2D eigenvalue weighted by Crippen LogP contribution is 2.27. The van der Waals surface area contributed by atoms with Crippen molar-refractivity contribution in [3.05, 3.63) is 90.0 Å². The van der Waals surface area contributed by atoms with Crippen LogP contribution in [-0.2, 0) is 9.59 Å². The number of carbonyl (C=O) groups is 3. The molecule has 1 heterocycles. The molecular formula is C25H23N3O3. The van der Waals surface area contributed by atoms with Gasteiger partial charge in [0.05, 0.1) is 17.2 Å². The Bertz CT molecular complexity index is 1130. The maximum absolute atomic E-state index is 12.9. The number of nitrogens with one attached hydrogen (secondary N) is 2. The van der Waals surface area contributed by atoms with E-state index in [1.54, 1.807) is 29.2 Å². The van der Waals surface area contributed by atoms with Crippen molar-refractivity contribution in [3.8, 4) is 0 Å². The maximum atomic E-state index is 12.9. The Morgan fingerprint density at radius 3 is 2.23 bits per heavy atom. The highest BCUT2D eigenvalue weighted by atomic mass is 16.2. The number of anilines is 3. The fourth-order valence-electron chi connectivity index (χ4n) is 3.67. The monoisotopic (exact) mass is 413 g/mol. The van der Waals surface area contributed by atoms with E-state index in [1.807, 2.05) is 61.5 Å². The molecule has 3 amide bonds. The second-order valence-corrected chi connectivity index (χ2v) is 7.54. The molecule has 2 N–H and O–H groups in total. The zero-order valence-corrected chi connectivity index (χ0v) is 17.2. The van der Waals surface area contributed by atoms with Crippen LogP contribution in [0.3, 0.4) is 0 Å². The highest BCUT2D eigenvalue weighted by Gasteiger charge is 2.35. The summed E-state index contributed by atoms with van der Waals surface area (Å²) in [6, 6.07) is 23.7. The van der Waals surface area contributed by atoms with Crippen LogP contribution < -0.4 is 15.5 Å². The van der Waals surface area contributed by atoms with Crippen LogP contribution in [0.5, 0.6) is 0 Å². The molecule has 156 valence electrons. The van der Waals surface area contributed by atoms with E-state index in [4.69, 9.17) is 0 Å². The SMILES string of the molecule is Cc1ccccc1NC(=O)c1ccccc1NC(=O)[C@@H]1CC(=O)N(c2ccccc2)C1. The summed E-state index contributed by atoms with van der Waals surface area (Å²) in [4.78, 5) is 39.8. The van der Waals surface area contributed by atoms with Gasteiger partial charge in [0.2, 0.25) is 11.8 Å². The van der Waals surface area contributed by atoms with Gasteiger partial charge in [0.1, 0.15) is 0 Å². The van der Waals surface area contributed by atoms with Crippen molar-refractivity contribution in [2.45, 2.75) is 13.3 Å². The summed E-state index contributed by atoms with van der Waals surface area (Å²) in [6.07, 6.45) is 0.137. The van der Waals surface area contributed by atoms with Crippen LogP contribution in [-0.4, -0.2) is 24.3 Å². The van der Waals surface area contributed by atoms with E-state index in [0.29, 0.717) is 23.5 Å². The van der Waals surface area contributed by atoms with Crippen LogP contribution in [0.25, 0.3) is 0 Å². The first-order valence-electron chi connectivity index (χ1n) is 10.1. The van der Waals surface area contributed by atoms with Gasteiger partial charge in [0, 0.05) is 24.3 Å². The summed E-state index contributed by atoms with van der Waals surface area (Å²) >= 11 is 0. The lowest BCUT2D eigenvalue weighted by atomic mass is 10.1. The number of nitrogens with zero attached hydrogens (tertiary/aromatic N) is 1. The van der Waals surface area contributed by atoms with Crippen molar-refractivity contribution in [1.82, 2.24) is 0 Å². The molecule has 3 aromatic rings.